The number of hydrogen-bond acceptors (Lipinski definition) is 1. The highest BCUT2D eigenvalue weighted by molar-refractivity contribution is 5.60. The lowest BCUT2D eigenvalue weighted by Crippen LogP contribution is -2.37. The summed E-state index contributed by atoms with van der Waals surface area (Å²) < 4.78 is 0. The first-order valence-electron chi connectivity index (χ1n) is 6.51. The summed E-state index contributed by atoms with van der Waals surface area (Å²) in [6.07, 6.45) is 7.55. The first-order chi connectivity index (χ1) is 7.74. The predicted octanol–water partition coefficient (Wildman–Crippen LogP) is 4.54. The van der Waals surface area contributed by atoms with Gasteiger partial charge in [-0.2, -0.15) is 0 Å². The standard InChI is InChI=1S/C16H26O/c1-12(2)9-10-16(6,11-17)14-8-7-13(3)15(14,4)5/h7,9,11,14H,8,10H2,1-6H3. The van der Waals surface area contributed by atoms with Crippen molar-refractivity contribution >= 4 is 6.29 Å². The van der Waals surface area contributed by atoms with Gasteiger partial charge in [0.25, 0.3) is 0 Å². The molecule has 2 unspecified atom stereocenters. The summed E-state index contributed by atoms with van der Waals surface area (Å²) in [7, 11) is 0. The largest absolute Gasteiger partial charge is 0.303 e. The highest BCUT2D eigenvalue weighted by Gasteiger charge is 2.45. The molecule has 0 saturated carbocycles. The third-order valence-electron chi connectivity index (χ3n) is 4.56. The Kier molecular flexibility index (Phi) is 4.01. The maximum atomic E-state index is 11.6. The molecule has 0 radical (unpaired) electrons. The fourth-order valence-corrected chi connectivity index (χ4v) is 2.92. The molecule has 0 N–H and O–H groups in total. The van der Waals surface area contributed by atoms with E-state index >= 15 is 0 Å². The molecule has 17 heavy (non-hydrogen) atoms. The lowest BCUT2D eigenvalue weighted by atomic mass is 9.63. The molecule has 2 atom stereocenters. The molecule has 1 nitrogen and oxygen atoms in total. The number of aldehydes is 1. The Morgan fingerprint density at radius 2 is 2.12 bits per heavy atom. The van der Waals surface area contributed by atoms with E-state index in [1.165, 1.54) is 17.4 Å². The molecule has 1 aliphatic carbocycles. The number of rotatable bonds is 4. The summed E-state index contributed by atoms with van der Waals surface area (Å²) in [5.74, 6) is 0.420. The van der Waals surface area contributed by atoms with Gasteiger partial charge in [-0.3, -0.25) is 0 Å². The van der Waals surface area contributed by atoms with Crippen LogP contribution in [0.2, 0.25) is 0 Å². The van der Waals surface area contributed by atoms with Gasteiger partial charge in [0.1, 0.15) is 6.29 Å². The molecule has 0 spiro atoms. The molecular weight excluding hydrogens is 208 g/mol. The fourth-order valence-electron chi connectivity index (χ4n) is 2.92. The van der Waals surface area contributed by atoms with Crippen LogP contribution >= 0.6 is 0 Å². The lowest BCUT2D eigenvalue weighted by molar-refractivity contribution is -0.119. The second-order valence-electron chi connectivity index (χ2n) is 6.51. The molecule has 0 aromatic heterocycles. The van der Waals surface area contributed by atoms with E-state index in [0.717, 1.165) is 12.8 Å². The SMILES string of the molecule is CC(C)=CCC(C)(C=O)C1CC=C(C)C1(C)C. The summed E-state index contributed by atoms with van der Waals surface area (Å²) in [4.78, 5) is 11.6. The molecule has 1 heteroatoms. The summed E-state index contributed by atoms with van der Waals surface area (Å²) in [5.41, 5.74) is 2.62. The fraction of sp³-hybridized carbons (Fsp3) is 0.688. The molecule has 0 bridgehead atoms. The number of carbonyl (C=O) groups is 1. The van der Waals surface area contributed by atoms with Gasteiger partial charge in [0.05, 0.1) is 0 Å². The van der Waals surface area contributed by atoms with Gasteiger partial charge in [-0.05, 0) is 44.9 Å². The lowest BCUT2D eigenvalue weighted by Gasteiger charge is -2.40. The first-order valence-corrected chi connectivity index (χ1v) is 6.51. The van der Waals surface area contributed by atoms with Crippen LogP contribution in [0, 0.1) is 16.7 Å². The Morgan fingerprint density at radius 3 is 2.47 bits per heavy atom. The van der Waals surface area contributed by atoms with Gasteiger partial charge in [0, 0.05) is 5.41 Å². The van der Waals surface area contributed by atoms with Crippen molar-refractivity contribution < 1.29 is 4.79 Å². The highest BCUT2D eigenvalue weighted by atomic mass is 16.1. The van der Waals surface area contributed by atoms with Crippen molar-refractivity contribution in [3.8, 4) is 0 Å². The van der Waals surface area contributed by atoms with Gasteiger partial charge < -0.3 is 4.79 Å². The molecule has 0 aliphatic heterocycles. The Hall–Kier alpha value is -0.850. The van der Waals surface area contributed by atoms with Crippen LogP contribution < -0.4 is 0 Å². The smallest absolute Gasteiger partial charge is 0.126 e. The minimum atomic E-state index is -0.241. The predicted molar refractivity (Wildman–Crippen MR) is 73.9 cm³/mol. The second-order valence-corrected chi connectivity index (χ2v) is 6.51. The normalized spacial score (nSPS) is 26.0. The average molecular weight is 234 g/mol. The Balaban J connectivity index is 2.96. The third kappa shape index (κ3) is 2.70. The second kappa shape index (κ2) is 4.80. The maximum Gasteiger partial charge on any atom is 0.126 e. The third-order valence-corrected chi connectivity index (χ3v) is 4.56. The zero-order valence-electron chi connectivity index (χ0n) is 12.1. The minimum Gasteiger partial charge on any atom is -0.303 e. The van der Waals surface area contributed by atoms with Gasteiger partial charge >= 0.3 is 0 Å². The molecule has 0 heterocycles. The van der Waals surface area contributed by atoms with Crippen molar-refractivity contribution in [2.24, 2.45) is 16.7 Å². The molecule has 0 amide bonds. The van der Waals surface area contributed by atoms with E-state index in [2.05, 4.69) is 53.7 Å². The van der Waals surface area contributed by atoms with Crippen molar-refractivity contribution in [2.45, 2.75) is 54.4 Å². The van der Waals surface area contributed by atoms with E-state index in [4.69, 9.17) is 0 Å². The number of allylic oxidation sites excluding steroid dienone is 4. The van der Waals surface area contributed by atoms with Gasteiger partial charge in [-0.15, -0.1) is 0 Å². The van der Waals surface area contributed by atoms with Crippen LogP contribution in [0.3, 0.4) is 0 Å². The van der Waals surface area contributed by atoms with Gasteiger partial charge in [0.2, 0.25) is 0 Å². The van der Waals surface area contributed by atoms with Crippen LogP contribution in [0.5, 0.6) is 0 Å². The van der Waals surface area contributed by atoms with Gasteiger partial charge in [-0.1, -0.05) is 44.1 Å². The number of carbonyl (C=O) groups excluding carboxylic acids is 1. The molecule has 0 aromatic rings. The molecule has 0 saturated heterocycles. The molecule has 1 aliphatic rings. The van der Waals surface area contributed by atoms with E-state index in [-0.39, 0.29) is 10.8 Å². The molecule has 1 rings (SSSR count). The molecule has 0 fully saturated rings. The van der Waals surface area contributed by atoms with E-state index in [0.29, 0.717) is 5.92 Å². The van der Waals surface area contributed by atoms with Crippen LogP contribution in [-0.4, -0.2) is 6.29 Å². The zero-order valence-corrected chi connectivity index (χ0v) is 12.1. The van der Waals surface area contributed by atoms with E-state index < -0.39 is 0 Å². The van der Waals surface area contributed by atoms with Gasteiger partial charge in [0.15, 0.2) is 0 Å². The van der Waals surface area contributed by atoms with E-state index in [9.17, 15) is 4.79 Å². The summed E-state index contributed by atoms with van der Waals surface area (Å²) in [6.45, 7) is 13.0. The summed E-state index contributed by atoms with van der Waals surface area (Å²) in [6, 6.07) is 0. The van der Waals surface area contributed by atoms with Crippen molar-refractivity contribution in [1.82, 2.24) is 0 Å². The minimum absolute atomic E-state index is 0.144. The Morgan fingerprint density at radius 1 is 1.53 bits per heavy atom. The zero-order chi connectivity index (χ0) is 13.3. The van der Waals surface area contributed by atoms with E-state index in [1.807, 2.05) is 0 Å². The topological polar surface area (TPSA) is 17.1 Å². The Bertz CT molecular complexity index is 356. The van der Waals surface area contributed by atoms with Crippen molar-refractivity contribution in [3.63, 3.8) is 0 Å². The van der Waals surface area contributed by atoms with Crippen molar-refractivity contribution in [1.29, 1.82) is 0 Å². The van der Waals surface area contributed by atoms with Crippen LogP contribution in [0.1, 0.15) is 54.4 Å². The van der Waals surface area contributed by atoms with E-state index in [1.54, 1.807) is 0 Å². The average Bonchev–Trinajstić information content (AvgIpc) is 2.51. The van der Waals surface area contributed by atoms with Crippen LogP contribution in [0.15, 0.2) is 23.3 Å². The quantitative estimate of drug-likeness (QED) is 0.515. The summed E-state index contributed by atoms with van der Waals surface area (Å²) in [5, 5.41) is 0. The van der Waals surface area contributed by atoms with Crippen molar-refractivity contribution in [3.05, 3.63) is 23.3 Å². The summed E-state index contributed by atoms with van der Waals surface area (Å²) >= 11 is 0. The molecule has 96 valence electrons. The number of hydrogen-bond donors (Lipinski definition) is 0. The van der Waals surface area contributed by atoms with Crippen LogP contribution in [0.4, 0.5) is 0 Å². The molecule has 0 aromatic carbocycles. The van der Waals surface area contributed by atoms with Crippen molar-refractivity contribution in [2.75, 3.05) is 0 Å². The molecular formula is C16H26O. The van der Waals surface area contributed by atoms with Gasteiger partial charge in [-0.25, -0.2) is 0 Å². The highest BCUT2D eigenvalue weighted by Crippen LogP contribution is 2.52. The monoisotopic (exact) mass is 234 g/mol. The van der Waals surface area contributed by atoms with Crippen LogP contribution in [0.25, 0.3) is 0 Å². The maximum absolute atomic E-state index is 11.6. The van der Waals surface area contributed by atoms with Crippen LogP contribution in [-0.2, 0) is 4.79 Å². The Labute approximate surface area is 106 Å². The first kappa shape index (κ1) is 14.2.